The molecule has 0 saturated heterocycles. The summed E-state index contributed by atoms with van der Waals surface area (Å²) >= 11 is 1.78. The van der Waals surface area contributed by atoms with Gasteiger partial charge in [-0.2, -0.15) is 13.2 Å². The minimum atomic E-state index is -4.46. The van der Waals surface area contributed by atoms with Gasteiger partial charge in [0.1, 0.15) is 5.82 Å². The molecule has 0 spiro atoms. The number of rotatable bonds is 0. The van der Waals surface area contributed by atoms with Gasteiger partial charge in [0.05, 0.1) is 33.9 Å². The van der Waals surface area contributed by atoms with E-state index in [0.29, 0.717) is 5.69 Å². The van der Waals surface area contributed by atoms with Gasteiger partial charge >= 0.3 is 6.18 Å². The van der Waals surface area contributed by atoms with Crippen LogP contribution < -0.4 is 0 Å². The standard InChI is InChI=1S/C10H6F4IN/c1-5-4-6-7(10(12,13)14)2-3-8(11)9(6)16(5)15/h2-4H,1H3. The number of aromatic nitrogens is 1. The SMILES string of the molecule is Cc1cc2c(C(F)(F)F)ccc(F)c2n1I. The first kappa shape index (κ1) is 11.7. The molecule has 0 aliphatic carbocycles. The van der Waals surface area contributed by atoms with Gasteiger partial charge in [-0.05, 0) is 25.1 Å². The van der Waals surface area contributed by atoms with E-state index in [4.69, 9.17) is 0 Å². The largest absolute Gasteiger partial charge is 0.417 e. The summed E-state index contributed by atoms with van der Waals surface area (Å²) in [5.74, 6) is -0.648. The van der Waals surface area contributed by atoms with Crippen molar-refractivity contribution in [3.8, 4) is 0 Å². The van der Waals surface area contributed by atoms with Crippen LogP contribution in [0.1, 0.15) is 11.3 Å². The second-order valence-electron chi connectivity index (χ2n) is 3.42. The molecule has 16 heavy (non-hydrogen) atoms. The number of hydrogen-bond donors (Lipinski definition) is 0. The third-order valence-corrected chi connectivity index (χ3v) is 3.58. The Labute approximate surface area is 103 Å². The maximum absolute atomic E-state index is 13.4. The molecule has 0 aliphatic rings. The van der Waals surface area contributed by atoms with Gasteiger partial charge in [-0.15, -0.1) is 0 Å². The van der Waals surface area contributed by atoms with Crippen molar-refractivity contribution in [1.82, 2.24) is 2.78 Å². The zero-order valence-corrected chi connectivity index (χ0v) is 10.2. The molecule has 1 aromatic heterocycles. The van der Waals surface area contributed by atoms with Crippen LogP contribution >= 0.6 is 22.9 Å². The Hall–Kier alpha value is -0.790. The summed E-state index contributed by atoms with van der Waals surface area (Å²) in [6, 6.07) is 2.96. The molecule has 1 heterocycles. The first-order chi connectivity index (χ1) is 7.32. The Morgan fingerprint density at radius 3 is 2.44 bits per heavy atom. The Morgan fingerprint density at radius 2 is 1.88 bits per heavy atom. The average Bonchev–Trinajstić information content (AvgIpc) is 2.42. The van der Waals surface area contributed by atoms with Crippen molar-refractivity contribution in [3.63, 3.8) is 0 Å². The summed E-state index contributed by atoms with van der Waals surface area (Å²) in [7, 11) is 0. The van der Waals surface area contributed by atoms with E-state index in [0.717, 1.165) is 12.1 Å². The molecule has 0 atom stereocenters. The summed E-state index contributed by atoms with van der Waals surface area (Å²) in [5, 5.41) is -0.0978. The smallest absolute Gasteiger partial charge is 0.284 e. The lowest BCUT2D eigenvalue weighted by atomic mass is 10.1. The van der Waals surface area contributed by atoms with E-state index >= 15 is 0 Å². The van der Waals surface area contributed by atoms with Crippen molar-refractivity contribution < 1.29 is 17.6 Å². The van der Waals surface area contributed by atoms with Crippen LogP contribution in [0.2, 0.25) is 0 Å². The van der Waals surface area contributed by atoms with Crippen molar-refractivity contribution >= 4 is 33.8 Å². The molecule has 2 aromatic rings. The van der Waals surface area contributed by atoms with Gasteiger partial charge in [-0.25, -0.2) is 4.39 Å². The Balaban J connectivity index is 2.90. The van der Waals surface area contributed by atoms with Crippen LogP contribution in [0, 0.1) is 12.7 Å². The second kappa shape index (κ2) is 3.61. The average molecular weight is 343 g/mol. The number of benzene rings is 1. The van der Waals surface area contributed by atoms with E-state index in [1.54, 1.807) is 29.8 Å². The van der Waals surface area contributed by atoms with Crippen molar-refractivity contribution in [2.45, 2.75) is 13.1 Å². The van der Waals surface area contributed by atoms with E-state index in [1.165, 1.54) is 8.85 Å². The van der Waals surface area contributed by atoms with E-state index < -0.39 is 17.6 Å². The topological polar surface area (TPSA) is 4.93 Å². The van der Waals surface area contributed by atoms with E-state index in [9.17, 15) is 17.6 Å². The number of hydrogen-bond acceptors (Lipinski definition) is 0. The summed E-state index contributed by atoms with van der Waals surface area (Å²) in [4.78, 5) is 0. The fourth-order valence-corrected chi connectivity index (χ4v) is 2.25. The summed E-state index contributed by atoms with van der Waals surface area (Å²) in [6.07, 6.45) is -4.46. The molecule has 0 radical (unpaired) electrons. The van der Waals surface area contributed by atoms with Crippen LogP contribution in [0.3, 0.4) is 0 Å². The van der Waals surface area contributed by atoms with Gasteiger partial charge in [0.2, 0.25) is 0 Å². The van der Waals surface area contributed by atoms with Gasteiger partial charge in [0.15, 0.2) is 0 Å². The Bertz CT molecular complexity index is 556. The fourth-order valence-electron chi connectivity index (χ4n) is 1.62. The second-order valence-corrected chi connectivity index (χ2v) is 4.39. The highest BCUT2D eigenvalue weighted by Crippen LogP contribution is 2.37. The van der Waals surface area contributed by atoms with Gasteiger partial charge < -0.3 is 0 Å². The number of nitrogens with zero attached hydrogens (tertiary/aromatic N) is 1. The first-order valence-corrected chi connectivity index (χ1v) is 5.33. The number of alkyl halides is 3. The molecule has 86 valence electrons. The first-order valence-electron chi connectivity index (χ1n) is 4.36. The summed E-state index contributed by atoms with van der Waals surface area (Å²) < 4.78 is 52.8. The zero-order valence-electron chi connectivity index (χ0n) is 8.07. The molecular formula is C10H6F4IN. The molecular weight excluding hydrogens is 337 g/mol. The van der Waals surface area contributed by atoms with Gasteiger partial charge in [0, 0.05) is 11.1 Å². The molecule has 0 saturated carbocycles. The fraction of sp³-hybridized carbons (Fsp3) is 0.200. The van der Waals surface area contributed by atoms with Crippen molar-refractivity contribution in [1.29, 1.82) is 0 Å². The summed E-state index contributed by atoms with van der Waals surface area (Å²) in [6.45, 7) is 1.63. The van der Waals surface area contributed by atoms with Gasteiger partial charge in [-0.3, -0.25) is 2.78 Å². The van der Waals surface area contributed by atoms with Crippen LogP contribution in [0.4, 0.5) is 17.6 Å². The number of fused-ring (bicyclic) bond motifs is 1. The van der Waals surface area contributed by atoms with Gasteiger partial charge in [-0.1, -0.05) is 0 Å². The van der Waals surface area contributed by atoms with Gasteiger partial charge in [0.25, 0.3) is 0 Å². The van der Waals surface area contributed by atoms with Crippen molar-refractivity contribution in [2.24, 2.45) is 0 Å². The van der Waals surface area contributed by atoms with Crippen LogP contribution in [0.5, 0.6) is 0 Å². The normalized spacial score (nSPS) is 12.4. The predicted octanol–water partition coefficient (Wildman–Crippen LogP) is 4.31. The maximum Gasteiger partial charge on any atom is 0.417 e. The maximum atomic E-state index is 13.4. The third-order valence-electron chi connectivity index (χ3n) is 2.33. The highest BCUT2D eigenvalue weighted by atomic mass is 127. The zero-order chi connectivity index (χ0) is 12.1. The molecule has 1 nitrogen and oxygen atoms in total. The lowest BCUT2D eigenvalue weighted by Crippen LogP contribution is -2.05. The molecule has 0 amide bonds. The lowest BCUT2D eigenvalue weighted by molar-refractivity contribution is -0.136. The molecule has 2 rings (SSSR count). The lowest BCUT2D eigenvalue weighted by Gasteiger charge is -2.08. The van der Waals surface area contributed by atoms with Crippen LogP contribution in [-0.4, -0.2) is 2.78 Å². The number of aryl methyl sites for hydroxylation is 1. The van der Waals surface area contributed by atoms with Crippen molar-refractivity contribution in [2.75, 3.05) is 0 Å². The molecule has 6 heteroatoms. The Morgan fingerprint density at radius 1 is 1.25 bits per heavy atom. The van der Waals surface area contributed by atoms with E-state index in [2.05, 4.69) is 0 Å². The molecule has 1 aromatic carbocycles. The summed E-state index contributed by atoms with van der Waals surface area (Å²) in [5.41, 5.74) is -0.249. The third kappa shape index (κ3) is 1.68. The monoisotopic (exact) mass is 343 g/mol. The van der Waals surface area contributed by atoms with Crippen LogP contribution in [0.25, 0.3) is 10.9 Å². The molecule has 0 bridgehead atoms. The molecule has 0 unspecified atom stereocenters. The Kier molecular flexibility index (Phi) is 2.64. The highest BCUT2D eigenvalue weighted by Gasteiger charge is 2.33. The quantitative estimate of drug-likeness (QED) is 0.496. The van der Waals surface area contributed by atoms with Crippen LogP contribution in [0.15, 0.2) is 18.2 Å². The van der Waals surface area contributed by atoms with E-state index in [1.807, 2.05) is 0 Å². The minimum Gasteiger partial charge on any atom is -0.284 e. The number of halogens is 5. The van der Waals surface area contributed by atoms with E-state index in [-0.39, 0.29) is 10.9 Å². The van der Waals surface area contributed by atoms with Crippen molar-refractivity contribution in [3.05, 3.63) is 35.3 Å². The highest BCUT2D eigenvalue weighted by molar-refractivity contribution is 14.1. The predicted molar refractivity (Wildman–Crippen MR) is 61.1 cm³/mol. The van der Waals surface area contributed by atoms with Crippen LogP contribution in [-0.2, 0) is 6.18 Å². The molecule has 0 aliphatic heterocycles. The molecule has 0 fully saturated rings. The minimum absolute atomic E-state index is 0.0204. The molecule has 0 N–H and O–H groups in total.